The molecule has 0 atom stereocenters. The second-order valence-electron chi connectivity index (χ2n) is 4.90. The number of benzene rings is 1. The highest BCUT2D eigenvalue weighted by molar-refractivity contribution is 7.94. The normalized spacial score (nSPS) is 12.3. The molecule has 2 heterocycles. The van der Waals surface area contributed by atoms with Gasteiger partial charge in [-0.2, -0.15) is 18.3 Å². The minimum absolute atomic E-state index is 0.0188. The molecule has 5 nitrogen and oxygen atoms in total. The third kappa shape index (κ3) is 3.97. The van der Waals surface area contributed by atoms with Crippen molar-refractivity contribution in [1.29, 1.82) is 0 Å². The summed E-state index contributed by atoms with van der Waals surface area (Å²) in [5.74, 6) is 0. The molecule has 0 fully saturated rings. The zero-order chi connectivity index (χ0) is 18.2. The molecule has 3 aromatic rings. The molecule has 0 radical (unpaired) electrons. The van der Waals surface area contributed by atoms with Gasteiger partial charge in [0.2, 0.25) is 0 Å². The lowest BCUT2D eigenvalue weighted by Gasteiger charge is -2.05. The van der Waals surface area contributed by atoms with Crippen molar-refractivity contribution in [3.63, 3.8) is 0 Å². The van der Waals surface area contributed by atoms with Gasteiger partial charge in [-0.1, -0.05) is 11.6 Å². The van der Waals surface area contributed by atoms with Crippen molar-refractivity contribution in [2.45, 2.75) is 10.4 Å². The number of nitrogens with one attached hydrogen (secondary N) is 2. The summed E-state index contributed by atoms with van der Waals surface area (Å²) in [5, 5.41) is 5.93. The van der Waals surface area contributed by atoms with Crippen LogP contribution >= 0.6 is 22.9 Å². The van der Waals surface area contributed by atoms with E-state index in [1.165, 1.54) is 36.4 Å². The molecule has 2 aromatic heterocycles. The molecule has 0 saturated heterocycles. The van der Waals surface area contributed by atoms with E-state index in [0.29, 0.717) is 15.6 Å². The number of sulfonamides is 1. The number of rotatable bonds is 4. The van der Waals surface area contributed by atoms with Crippen molar-refractivity contribution in [3.05, 3.63) is 53.2 Å². The van der Waals surface area contributed by atoms with Gasteiger partial charge in [0, 0.05) is 10.7 Å². The Kier molecular flexibility index (Phi) is 4.52. The van der Waals surface area contributed by atoms with E-state index >= 15 is 0 Å². The average molecular weight is 408 g/mol. The summed E-state index contributed by atoms with van der Waals surface area (Å²) in [4.78, 5) is 0.295. The van der Waals surface area contributed by atoms with Crippen LogP contribution in [0.15, 0.2) is 46.7 Å². The highest BCUT2D eigenvalue weighted by Crippen LogP contribution is 2.34. The van der Waals surface area contributed by atoms with E-state index in [9.17, 15) is 21.6 Å². The smallest absolute Gasteiger partial charge is 0.279 e. The second-order valence-corrected chi connectivity index (χ2v) is 8.33. The van der Waals surface area contributed by atoms with Crippen LogP contribution in [0.25, 0.3) is 10.6 Å². The van der Waals surface area contributed by atoms with Gasteiger partial charge in [0.1, 0.15) is 15.6 Å². The molecule has 0 bridgehead atoms. The highest BCUT2D eigenvalue weighted by atomic mass is 35.5. The molecular formula is C14H9ClF3N3O2S2. The third-order valence-corrected chi connectivity index (χ3v) is 6.31. The van der Waals surface area contributed by atoms with E-state index in [0.717, 1.165) is 17.4 Å². The van der Waals surface area contributed by atoms with Crippen molar-refractivity contribution < 1.29 is 21.6 Å². The average Bonchev–Trinajstić information content (AvgIpc) is 3.17. The Bertz CT molecular complexity index is 995. The molecule has 0 spiro atoms. The molecule has 3 rings (SSSR count). The monoisotopic (exact) mass is 407 g/mol. The molecule has 132 valence electrons. The summed E-state index contributed by atoms with van der Waals surface area (Å²) >= 11 is 6.55. The van der Waals surface area contributed by atoms with Crippen LogP contribution in [0.5, 0.6) is 0 Å². The lowest BCUT2D eigenvalue weighted by atomic mass is 10.3. The number of H-pyrrole nitrogens is 1. The Morgan fingerprint density at radius 3 is 2.40 bits per heavy atom. The first-order chi connectivity index (χ1) is 11.6. The van der Waals surface area contributed by atoms with Gasteiger partial charge >= 0.3 is 6.18 Å². The van der Waals surface area contributed by atoms with E-state index in [4.69, 9.17) is 11.6 Å². The molecule has 2 N–H and O–H groups in total. The Hall–Kier alpha value is -2.04. The molecule has 0 amide bonds. The minimum atomic E-state index is -4.55. The van der Waals surface area contributed by atoms with Crippen LogP contribution in [-0.2, 0) is 16.2 Å². The predicted octanol–water partition coefficient (Wildman–Crippen LogP) is 4.61. The van der Waals surface area contributed by atoms with E-state index in [1.807, 2.05) is 5.10 Å². The molecular weight excluding hydrogens is 399 g/mol. The van der Waals surface area contributed by atoms with Gasteiger partial charge in [0.25, 0.3) is 10.0 Å². The number of thiophene rings is 1. The van der Waals surface area contributed by atoms with Crippen LogP contribution in [0, 0.1) is 0 Å². The first-order valence-corrected chi connectivity index (χ1v) is 9.34. The topological polar surface area (TPSA) is 74.8 Å². The van der Waals surface area contributed by atoms with Crippen LogP contribution < -0.4 is 4.72 Å². The zero-order valence-corrected chi connectivity index (χ0v) is 14.5. The predicted molar refractivity (Wildman–Crippen MR) is 89.2 cm³/mol. The molecule has 1 aromatic carbocycles. The SMILES string of the molecule is O=S(=O)(Nc1ccc(Cl)cc1)c1ccc(-c2cc(C(F)(F)F)[nH]n2)s1. The van der Waals surface area contributed by atoms with E-state index < -0.39 is 21.9 Å². The highest BCUT2D eigenvalue weighted by Gasteiger charge is 2.33. The quantitative estimate of drug-likeness (QED) is 0.663. The lowest BCUT2D eigenvalue weighted by Crippen LogP contribution is -2.11. The van der Waals surface area contributed by atoms with Gasteiger partial charge in [0.15, 0.2) is 0 Å². The summed E-state index contributed by atoms with van der Waals surface area (Å²) in [6.45, 7) is 0. The zero-order valence-electron chi connectivity index (χ0n) is 12.1. The van der Waals surface area contributed by atoms with Gasteiger partial charge in [-0.3, -0.25) is 9.82 Å². The summed E-state index contributed by atoms with van der Waals surface area (Å²) in [5.41, 5.74) is -0.664. The van der Waals surface area contributed by atoms with Crippen LogP contribution in [0.4, 0.5) is 18.9 Å². The van der Waals surface area contributed by atoms with Gasteiger partial charge < -0.3 is 0 Å². The Morgan fingerprint density at radius 1 is 1.12 bits per heavy atom. The molecule has 0 unspecified atom stereocenters. The summed E-state index contributed by atoms with van der Waals surface area (Å²) in [6, 6.07) is 9.59. The molecule has 0 aliphatic carbocycles. The van der Waals surface area contributed by atoms with Crippen LogP contribution in [-0.4, -0.2) is 18.6 Å². The fraction of sp³-hybridized carbons (Fsp3) is 0.0714. The maximum Gasteiger partial charge on any atom is 0.432 e. The number of hydrogen-bond donors (Lipinski definition) is 2. The van der Waals surface area contributed by atoms with Crippen molar-refractivity contribution >= 4 is 38.6 Å². The number of halogens is 4. The number of anilines is 1. The summed E-state index contributed by atoms with van der Waals surface area (Å²) in [7, 11) is -3.87. The number of hydrogen-bond acceptors (Lipinski definition) is 4. The minimum Gasteiger partial charge on any atom is -0.279 e. The van der Waals surface area contributed by atoms with Crippen molar-refractivity contribution in [1.82, 2.24) is 10.2 Å². The number of nitrogens with zero attached hydrogens (tertiary/aromatic N) is 1. The molecule has 0 aliphatic heterocycles. The molecule has 0 saturated carbocycles. The fourth-order valence-electron chi connectivity index (χ4n) is 1.92. The largest absolute Gasteiger partial charge is 0.432 e. The van der Waals surface area contributed by atoms with E-state index in [-0.39, 0.29) is 9.90 Å². The van der Waals surface area contributed by atoms with Gasteiger partial charge in [0.05, 0.1) is 4.88 Å². The lowest BCUT2D eigenvalue weighted by molar-refractivity contribution is -0.141. The standard InChI is InChI=1S/C14H9ClF3N3O2S2/c15-8-1-3-9(4-2-8)21-25(22,23)13-6-5-11(24-13)10-7-12(20-19-10)14(16,17)18/h1-7,21H,(H,19,20). The number of alkyl halides is 3. The Labute approximate surface area is 149 Å². The maximum absolute atomic E-state index is 12.6. The van der Waals surface area contributed by atoms with Crippen LogP contribution in [0.3, 0.4) is 0 Å². The summed E-state index contributed by atoms with van der Waals surface area (Å²) in [6.07, 6.45) is -4.55. The summed E-state index contributed by atoms with van der Waals surface area (Å²) < 4.78 is 64.8. The van der Waals surface area contributed by atoms with Crippen molar-refractivity contribution in [3.8, 4) is 10.6 Å². The van der Waals surface area contributed by atoms with Gasteiger partial charge in [-0.15, -0.1) is 11.3 Å². The van der Waals surface area contributed by atoms with E-state index in [1.54, 1.807) is 0 Å². The second kappa shape index (κ2) is 6.36. The van der Waals surface area contributed by atoms with Gasteiger partial charge in [-0.05, 0) is 42.5 Å². The van der Waals surface area contributed by atoms with Crippen molar-refractivity contribution in [2.24, 2.45) is 0 Å². The molecule has 25 heavy (non-hydrogen) atoms. The first-order valence-electron chi connectivity index (χ1n) is 6.66. The number of aromatic nitrogens is 2. The molecule has 0 aliphatic rings. The third-order valence-electron chi connectivity index (χ3n) is 3.08. The van der Waals surface area contributed by atoms with Crippen molar-refractivity contribution in [2.75, 3.05) is 4.72 Å². The van der Waals surface area contributed by atoms with Crippen LogP contribution in [0.2, 0.25) is 5.02 Å². The Morgan fingerprint density at radius 2 is 1.80 bits per heavy atom. The maximum atomic E-state index is 12.6. The van der Waals surface area contributed by atoms with Gasteiger partial charge in [-0.25, -0.2) is 8.42 Å². The number of aromatic amines is 1. The van der Waals surface area contributed by atoms with Crippen LogP contribution in [0.1, 0.15) is 5.69 Å². The van der Waals surface area contributed by atoms with E-state index in [2.05, 4.69) is 9.82 Å². The first kappa shape index (κ1) is 17.8. The fourth-order valence-corrected chi connectivity index (χ4v) is 4.37. The molecule has 11 heteroatoms. The Balaban J connectivity index is 1.85.